The lowest BCUT2D eigenvalue weighted by Gasteiger charge is -2.39. The minimum atomic E-state index is -2.44. The van der Waals surface area contributed by atoms with Crippen LogP contribution in [-0.4, -0.2) is 105 Å². The summed E-state index contributed by atoms with van der Waals surface area (Å²) in [7, 11) is -0.894. The number of ether oxygens (including phenoxy) is 5. The van der Waals surface area contributed by atoms with Gasteiger partial charge >= 0.3 is 6.09 Å². The Kier molecular flexibility index (Phi) is 10.6. The first-order valence-electron chi connectivity index (χ1n) is 15.9. The molecule has 2 aromatic rings. The molecule has 3 aliphatic heterocycles. The standard InChI is InChI=1S/C33H45N3O9Si/c1-6-43-28-14-21(31(39)36-24-9-10-25(36)18-42-17-24)8-12-27(28)30(38)34-15-29(37)46-19-22-7-11-26(44-20-41-5)13-23(22)16-35(46)32(40)45-33(2,3)4/h7-8,11-14,24-25,29,37,46H,6,9-10,15-20H2,1-5H3,(H,34,38)/t24?,25?,29-,46-/m0/s1. The van der Waals surface area contributed by atoms with E-state index in [1.807, 2.05) is 30.0 Å². The number of nitrogens with one attached hydrogen (secondary N) is 1. The lowest BCUT2D eigenvalue weighted by Crippen LogP contribution is -2.58. The minimum absolute atomic E-state index is 0.0634. The third kappa shape index (κ3) is 7.65. The average molecular weight is 656 g/mol. The van der Waals surface area contributed by atoms with Crippen LogP contribution in [0.1, 0.15) is 72.4 Å². The number of hydrogen-bond donors (Lipinski definition) is 2. The van der Waals surface area contributed by atoms with Crippen molar-refractivity contribution >= 4 is 26.9 Å². The van der Waals surface area contributed by atoms with Crippen LogP contribution in [0.25, 0.3) is 0 Å². The zero-order valence-corrected chi connectivity index (χ0v) is 28.4. The first kappa shape index (κ1) is 33.7. The quantitative estimate of drug-likeness (QED) is 0.293. The second-order valence-electron chi connectivity index (χ2n) is 12.9. The Morgan fingerprint density at radius 1 is 1.07 bits per heavy atom. The number of methoxy groups -OCH3 is 1. The summed E-state index contributed by atoms with van der Waals surface area (Å²) in [4.78, 5) is 42.1. The largest absolute Gasteiger partial charge is 0.493 e. The fourth-order valence-corrected chi connectivity index (χ4v) is 9.22. The molecule has 0 radical (unpaired) electrons. The van der Waals surface area contributed by atoms with Crippen LogP contribution < -0.4 is 14.8 Å². The predicted molar refractivity (Wildman–Crippen MR) is 171 cm³/mol. The van der Waals surface area contributed by atoms with E-state index < -0.39 is 32.3 Å². The van der Waals surface area contributed by atoms with Crippen molar-refractivity contribution in [3.8, 4) is 11.5 Å². The molecule has 2 saturated heterocycles. The summed E-state index contributed by atoms with van der Waals surface area (Å²) in [5.74, 6) is 0.378. The summed E-state index contributed by atoms with van der Waals surface area (Å²) in [6, 6.07) is 11.1. The maximum Gasteiger partial charge on any atom is 0.402 e. The van der Waals surface area contributed by atoms with Gasteiger partial charge in [0.25, 0.3) is 11.8 Å². The normalized spacial score (nSPS) is 21.3. The molecule has 4 atom stereocenters. The summed E-state index contributed by atoms with van der Waals surface area (Å²) in [5.41, 5.74) is 0.945. The van der Waals surface area contributed by atoms with E-state index in [2.05, 4.69) is 5.32 Å². The van der Waals surface area contributed by atoms with E-state index in [4.69, 9.17) is 23.7 Å². The van der Waals surface area contributed by atoms with Gasteiger partial charge in [-0.15, -0.1) is 0 Å². The summed E-state index contributed by atoms with van der Waals surface area (Å²) in [6.45, 7) is 8.87. The van der Waals surface area contributed by atoms with E-state index in [1.165, 1.54) is 0 Å². The van der Waals surface area contributed by atoms with E-state index in [0.29, 0.717) is 42.9 Å². The van der Waals surface area contributed by atoms with Crippen LogP contribution in [0.5, 0.6) is 11.5 Å². The molecule has 0 aliphatic carbocycles. The third-order valence-corrected chi connectivity index (χ3v) is 11.7. The van der Waals surface area contributed by atoms with Gasteiger partial charge in [0.1, 0.15) is 17.1 Å². The van der Waals surface area contributed by atoms with Crippen LogP contribution in [0.15, 0.2) is 36.4 Å². The van der Waals surface area contributed by atoms with Crippen molar-refractivity contribution in [2.24, 2.45) is 0 Å². The van der Waals surface area contributed by atoms with Crippen molar-refractivity contribution in [3.05, 3.63) is 58.7 Å². The van der Waals surface area contributed by atoms with Crippen LogP contribution in [0, 0.1) is 0 Å². The van der Waals surface area contributed by atoms with Crippen LogP contribution >= 0.6 is 0 Å². The highest BCUT2D eigenvalue weighted by atomic mass is 28.3. The van der Waals surface area contributed by atoms with Gasteiger partial charge in [0.2, 0.25) is 0 Å². The van der Waals surface area contributed by atoms with Crippen molar-refractivity contribution in [1.82, 2.24) is 14.8 Å². The number of benzene rings is 2. The summed E-state index contributed by atoms with van der Waals surface area (Å²) in [6.07, 6.45) is 1.33. The molecule has 3 heterocycles. The molecule has 46 heavy (non-hydrogen) atoms. The van der Waals surface area contributed by atoms with Crippen molar-refractivity contribution in [3.63, 3.8) is 0 Å². The van der Waals surface area contributed by atoms with Crippen molar-refractivity contribution < 1.29 is 43.2 Å². The highest BCUT2D eigenvalue weighted by Gasteiger charge is 2.41. The van der Waals surface area contributed by atoms with Gasteiger partial charge in [-0.2, -0.15) is 0 Å². The van der Waals surface area contributed by atoms with Gasteiger partial charge in [-0.1, -0.05) is 6.07 Å². The van der Waals surface area contributed by atoms with E-state index in [9.17, 15) is 19.5 Å². The highest BCUT2D eigenvalue weighted by Crippen LogP contribution is 2.32. The molecule has 3 aliphatic rings. The topological polar surface area (TPSA) is 136 Å². The zero-order chi connectivity index (χ0) is 33.0. The molecule has 2 unspecified atom stereocenters. The number of nitrogens with zero attached hydrogens (tertiary/aromatic N) is 2. The van der Waals surface area contributed by atoms with Crippen LogP contribution in [0.3, 0.4) is 0 Å². The first-order chi connectivity index (χ1) is 22.0. The van der Waals surface area contributed by atoms with E-state index in [1.54, 1.807) is 50.6 Å². The molecule has 0 spiro atoms. The molecule has 2 N–H and O–H groups in total. The summed E-state index contributed by atoms with van der Waals surface area (Å²) in [5, 5.41) is 14.3. The van der Waals surface area contributed by atoms with Gasteiger partial charge in [-0.3, -0.25) is 9.59 Å². The van der Waals surface area contributed by atoms with E-state index >= 15 is 0 Å². The molecular weight excluding hydrogens is 610 g/mol. The number of rotatable bonds is 10. The Morgan fingerprint density at radius 3 is 2.48 bits per heavy atom. The van der Waals surface area contributed by atoms with Crippen LogP contribution in [0.2, 0.25) is 0 Å². The SMILES string of the molecule is CCOc1cc(C(=O)N2C3CCC2COC3)ccc1C(=O)NC[C@@H](O)[Si@@H]1Cc2ccc(OCOC)cc2CN1C(=O)OC(C)(C)C. The number of carbonyl (C=O) groups is 3. The molecule has 12 nitrogen and oxygen atoms in total. The number of fused-ring (bicyclic) bond motifs is 3. The minimum Gasteiger partial charge on any atom is -0.493 e. The Hall–Kier alpha value is -3.65. The number of amides is 3. The van der Waals surface area contributed by atoms with Gasteiger partial charge < -0.3 is 43.6 Å². The monoisotopic (exact) mass is 655 g/mol. The van der Waals surface area contributed by atoms with Gasteiger partial charge in [0, 0.05) is 25.8 Å². The molecule has 2 bridgehead atoms. The predicted octanol–water partition coefficient (Wildman–Crippen LogP) is 2.96. The first-order valence-corrected chi connectivity index (χ1v) is 17.9. The maximum atomic E-state index is 13.4. The molecule has 250 valence electrons. The lowest BCUT2D eigenvalue weighted by atomic mass is 10.1. The van der Waals surface area contributed by atoms with E-state index in [-0.39, 0.29) is 43.4 Å². The smallest absolute Gasteiger partial charge is 0.402 e. The molecule has 13 heteroatoms. The van der Waals surface area contributed by atoms with Crippen LogP contribution in [0.4, 0.5) is 4.79 Å². The number of aliphatic hydroxyl groups excluding tert-OH is 1. The second kappa shape index (κ2) is 14.4. The Bertz CT molecular complexity index is 1420. The van der Waals surface area contributed by atoms with Gasteiger partial charge in [-0.25, -0.2) is 4.79 Å². The Labute approximate surface area is 271 Å². The van der Waals surface area contributed by atoms with Gasteiger partial charge in [0.15, 0.2) is 15.8 Å². The second-order valence-corrected chi connectivity index (χ2v) is 15.9. The molecule has 2 aromatic carbocycles. The van der Waals surface area contributed by atoms with Crippen molar-refractivity contribution in [1.29, 1.82) is 0 Å². The molecule has 3 amide bonds. The molecule has 0 saturated carbocycles. The fraction of sp³-hybridized carbons (Fsp3) is 0.545. The number of hydrogen-bond acceptors (Lipinski definition) is 9. The fourth-order valence-electron chi connectivity index (χ4n) is 6.32. The molecule has 0 aromatic heterocycles. The summed E-state index contributed by atoms with van der Waals surface area (Å²) >= 11 is 0. The average Bonchev–Trinajstić information content (AvgIpc) is 3.27. The maximum absolute atomic E-state index is 13.4. The molecular formula is C33H45N3O9Si. The number of carbonyl (C=O) groups excluding carboxylic acids is 3. The Morgan fingerprint density at radius 2 is 1.80 bits per heavy atom. The Balaban J connectivity index is 1.30. The molecule has 2 fully saturated rings. The van der Waals surface area contributed by atoms with Crippen molar-refractivity contribution in [2.75, 3.05) is 40.3 Å². The zero-order valence-electron chi connectivity index (χ0n) is 27.2. The highest BCUT2D eigenvalue weighted by molar-refractivity contribution is 6.59. The molecule has 5 rings (SSSR count). The lowest BCUT2D eigenvalue weighted by molar-refractivity contribution is -0.00718. The van der Waals surface area contributed by atoms with Crippen LogP contribution in [-0.2, 0) is 26.8 Å². The van der Waals surface area contributed by atoms with Gasteiger partial charge in [0.05, 0.1) is 43.2 Å². The van der Waals surface area contributed by atoms with Crippen molar-refractivity contribution in [2.45, 2.75) is 76.5 Å². The van der Waals surface area contributed by atoms with E-state index in [0.717, 1.165) is 24.0 Å². The number of aliphatic hydroxyl groups is 1. The van der Waals surface area contributed by atoms with Gasteiger partial charge in [-0.05, 0) is 88.0 Å². The number of morpholine rings is 1. The summed E-state index contributed by atoms with van der Waals surface area (Å²) < 4.78 is 29.4. The third-order valence-electron chi connectivity index (χ3n) is 8.48.